The summed E-state index contributed by atoms with van der Waals surface area (Å²) in [6, 6.07) is 6.13. The van der Waals surface area contributed by atoms with Crippen LogP contribution in [0.3, 0.4) is 0 Å². The number of hydrogen-bond donors (Lipinski definition) is 1. The van der Waals surface area contributed by atoms with Crippen LogP contribution in [-0.4, -0.2) is 9.55 Å². The van der Waals surface area contributed by atoms with Gasteiger partial charge in [-0.15, -0.1) is 0 Å². The van der Waals surface area contributed by atoms with E-state index in [-0.39, 0.29) is 0 Å². The molecule has 2 N–H and O–H groups in total. The molecule has 2 aromatic rings. The minimum absolute atomic E-state index is 0.565. The van der Waals surface area contributed by atoms with Crippen molar-refractivity contribution in [2.75, 3.05) is 5.73 Å². The Bertz CT molecular complexity index is 429. The molecule has 3 heteroatoms. The van der Waals surface area contributed by atoms with Gasteiger partial charge in [-0.2, -0.15) is 0 Å². The number of anilines is 1. The fourth-order valence-electron chi connectivity index (χ4n) is 1.33. The first-order valence-electron chi connectivity index (χ1n) is 4.87. The van der Waals surface area contributed by atoms with Crippen LogP contribution in [-0.2, 0) is 7.05 Å². The van der Waals surface area contributed by atoms with Crippen molar-refractivity contribution in [3.8, 4) is 0 Å². The number of imidazole rings is 1. The molecule has 3 nitrogen and oxygen atoms in total. The molecule has 1 aromatic heterocycles. The van der Waals surface area contributed by atoms with Crippen LogP contribution in [0.25, 0.3) is 11.0 Å². The summed E-state index contributed by atoms with van der Waals surface area (Å²) in [7, 11) is 1.92. The molecule has 0 radical (unpaired) electrons. The van der Waals surface area contributed by atoms with E-state index in [1.165, 1.54) is 5.56 Å². The Labute approximate surface area is 84.6 Å². The standard InChI is InChI=1S/C9H11N3.C2H6/c1-6-3-4-8-7(5-6)11-9(10)12(8)2;1-2/h3-5H,1-2H3,(H2,10,11);1-2H3. The van der Waals surface area contributed by atoms with Crippen LogP contribution in [0.15, 0.2) is 18.2 Å². The number of benzene rings is 1. The average molecular weight is 191 g/mol. The predicted molar refractivity (Wildman–Crippen MR) is 61.2 cm³/mol. The van der Waals surface area contributed by atoms with Gasteiger partial charge in [0.25, 0.3) is 0 Å². The number of nitrogen functional groups attached to an aromatic ring is 1. The largest absolute Gasteiger partial charge is 0.369 e. The Hall–Kier alpha value is -1.51. The predicted octanol–water partition coefficient (Wildman–Crippen LogP) is 2.49. The third-order valence-corrected chi connectivity index (χ3v) is 2.07. The van der Waals surface area contributed by atoms with Crippen molar-refractivity contribution in [2.45, 2.75) is 20.8 Å². The highest BCUT2D eigenvalue weighted by Gasteiger charge is 2.02. The zero-order valence-corrected chi connectivity index (χ0v) is 9.20. The summed E-state index contributed by atoms with van der Waals surface area (Å²) in [5, 5.41) is 0. The lowest BCUT2D eigenvalue weighted by Crippen LogP contribution is -1.95. The van der Waals surface area contributed by atoms with Crippen LogP contribution >= 0.6 is 0 Å². The van der Waals surface area contributed by atoms with Gasteiger partial charge in [0, 0.05) is 7.05 Å². The number of fused-ring (bicyclic) bond motifs is 1. The minimum atomic E-state index is 0.565. The zero-order chi connectivity index (χ0) is 10.7. The molecule has 0 aliphatic rings. The van der Waals surface area contributed by atoms with Gasteiger partial charge in [0.1, 0.15) is 0 Å². The summed E-state index contributed by atoms with van der Waals surface area (Å²) in [6.07, 6.45) is 0. The molecule has 0 amide bonds. The van der Waals surface area contributed by atoms with E-state index in [4.69, 9.17) is 5.73 Å². The molecule has 0 saturated carbocycles. The SMILES string of the molecule is CC.Cc1ccc2c(c1)nc(N)n2C. The van der Waals surface area contributed by atoms with Crippen molar-refractivity contribution in [1.29, 1.82) is 0 Å². The monoisotopic (exact) mass is 191 g/mol. The summed E-state index contributed by atoms with van der Waals surface area (Å²) in [5.74, 6) is 0.565. The Morgan fingerprint density at radius 1 is 1.29 bits per heavy atom. The van der Waals surface area contributed by atoms with Crippen LogP contribution in [0.2, 0.25) is 0 Å². The maximum atomic E-state index is 5.65. The Morgan fingerprint density at radius 2 is 1.93 bits per heavy atom. The summed E-state index contributed by atoms with van der Waals surface area (Å²) >= 11 is 0. The van der Waals surface area contributed by atoms with Crippen molar-refractivity contribution in [3.05, 3.63) is 23.8 Å². The molecular formula is C11H17N3. The molecule has 0 aliphatic carbocycles. The molecule has 14 heavy (non-hydrogen) atoms. The fraction of sp³-hybridized carbons (Fsp3) is 0.364. The third-order valence-electron chi connectivity index (χ3n) is 2.07. The molecule has 0 unspecified atom stereocenters. The zero-order valence-electron chi connectivity index (χ0n) is 9.20. The molecule has 0 saturated heterocycles. The number of nitrogens with two attached hydrogens (primary N) is 1. The van der Waals surface area contributed by atoms with Gasteiger partial charge in [-0.25, -0.2) is 4.98 Å². The molecule has 0 atom stereocenters. The average Bonchev–Trinajstić information content (AvgIpc) is 2.45. The maximum Gasteiger partial charge on any atom is 0.200 e. The van der Waals surface area contributed by atoms with Crippen molar-refractivity contribution < 1.29 is 0 Å². The third kappa shape index (κ3) is 1.71. The van der Waals surface area contributed by atoms with E-state index in [2.05, 4.69) is 11.1 Å². The molecule has 1 aromatic carbocycles. The van der Waals surface area contributed by atoms with Crippen LogP contribution in [0, 0.1) is 6.92 Å². The van der Waals surface area contributed by atoms with Gasteiger partial charge in [0.15, 0.2) is 0 Å². The summed E-state index contributed by atoms with van der Waals surface area (Å²) < 4.78 is 1.88. The molecule has 1 heterocycles. The highest BCUT2D eigenvalue weighted by atomic mass is 15.1. The van der Waals surface area contributed by atoms with E-state index in [1.807, 2.05) is 44.5 Å². The number of nitrogens with zero attached hydrogens (tertiary/aromatic N) is 2. The Balaban J connectivity index is 0.000000461. The van der Waals surface area contributed by atoms with Crippen LogP contribution < -0.4 is 5.73 Å². The first kappa shape index (κ1) is 10.6. The maximum absolute atomic E-state index is 5.65. The van der Waals surface area contributed by atoms with Gasteiger partial charge < -0.3 is 10.3 Å². The van der Waals surface area contributed by atoms with Crippen molar-refractivity contribution in [3.63, 3.8) is 0 Å². The number of hydrogen-bond acceptors (Lipinski definition) is 2. The molecular weight excluding hydrogens is 174 g/mol. The number of aryl methyl sites for hydroxylation is 2. The highest BCUT2D eigenvalue weighted by Crippen LogP contribution is 2.16. The van der Waals surface area contributed by atoms with Gasteiger partial charge in [-0.1, -0.05) is 19.9 Å². The van der Waals surface area contributed by atoms with Crippen LogP contribution in [0.1, 0.15) is 19.4 Å². The van der Waals surface area contributed by atoms with E-state index in [0.29, 0.717) is 5.95 Å². The normalized spacial score (nSPS) is 9.71. The van der Waals surface area contributed by atoms with E-state index >= 15 is 0 Å². The first-order valence-corrected chi connectivity index (χ1v) is 4.87. The minimum Gasteiger partial charge on any atom is -0.369 e. The molecule has 0 aliphatic heterocycles. The van der Waals surface area contributed by atoms with E-state index < -0.39 is 0 Å². The Morgan fingerprint density at radius 3 is 2.57 bits per heavy atom. The molecule has 2 rings (SSSR count). The van der Waals surface area contributed by atoms with Crippen molar-refractivity contribution in [1.82, 2.24) is 9.55 Å². The number of aromatic nitrogens is 2. The number of rotatable bonds is 0. The summed E-state index contributed by atoms with van der Waals surface area (Å²) in [6.45, 7) is 6.05. The lowest BCUT2D eigenvalue weighted by molar-refractivity contribution is 0.965. The summed E-state index contributed by atoms with van der Waals surface area (Å²) in [4.78, 5) is 4.21. The second-order valence-electron chi connectivity index (χ2n) is 3.02. The van der Waals surface area contributed by atoms with Gasteiger partial charge in [-0.05, 0) is 24.6 Å². The molecule has 0 spiro atoms. The van der Waals surface area contributed by atoms with Gasteiger partial charge in [0.2, 0.25) is 5.95 Å². The topological polar surface area (TPSA) is 43.8 Å². The highest BCUT2D eigenvalue weighted by molar-refractivity contribution is 5.78. The van der Waals surface area contributed by atoms with Gasteiger partial charge in [-0.3, -0.25) is 0 Å². The summed E-state index contributed by atoms with van der Waals surface area (Å²) in [5.41, 5.74) is 8.91. The van der Waals surface area contributed by atoms with E-state index in [1.54, 1.807) is 0 Å². The first-order chi connectivity index (χ1) is 6.68. The molecule has 0 bridgehead atoms. The fourth-order valence-corrected chi connectivity index (χ4v) is 1.33. The lowest BCUT2D eigenvalue weighted by Gasteiger charge is -1.95. The van der Waals surface area contributed by atoms with Gasteiger partial charge in [0.05, 0.1) is 11.0 Å². The second-order valence-corrected chi connectivity index (χ2v) is 3.02. The van der Waals surface area contributed by atoms with Crippen molar-refractivity contribution in [2.24, 2.45) is 7.05 Å². The molecule has 0 fully saturated rings. The van der Waals surface area contributed by atoms with Crippen LogP contribution in [0.4, 0.5) is 5.95 Å². The van der Waals surface area contributed by atoms with E-state index in [0.717, 1.165) is 11.0 Å². The second kappa shape index (κ2) is 4.13. The molecule has 76 valence electrons. The van der Waals surface area contributed by atoms with Gasteiger partial charge >= 0.3 is 0 Å². The Kier molecular flexibility index (Phi) is 3.12. The van der Waals surface area contributed by atoms with Crippen LogP contribution in [0.5, 0.6) is 0 Å². The van der Waals surface area contributed by atoms with E-state index in [9.17, 15) is 0 Å². The quantitative estimate of drug-likeness (QED) is 0.695. The smallest absolute Gasteiger partial charge is 0.200 e. The lowest BCUT2D eigenvalue weighted by atomic mass is 10.2. The van der Waals surface area contributed by atoms with Crippen molar-refractivity contribution >= 4 is 17.0 Å².